The lowest BCUT2D eigenvalue weighted by atomic mass is 10.1. The second-order valence-electron chi connectivity index (χ2n) is 7.85. The molecule has 2 aromatic carbocycles. The molecule has 2 aromatic rings. The van der Waals surface area contributed by atoms with Gasteiger partial charge in [-0.1, -0.05) is 54.8 Å². The average molecular weight is 508 g/mol. The first kappa shape index (κ1) is 23.6. The van der Waals surface area contributed by atoms with E-state index in [4.69, 9.17) is 16.3 Å². The summed E-state index contributed by atoms with van der Waals surface area (Å²) >= 11 is 9.37. The lowest BCUT2D eigenvalue weighted by Crippen LogP contribution is -2.51. The van der Waals surface area contributed by atoms with E-state index < -0.39 is 6.04 Å². The molecule has 3 rings (SSSR count). The predicted molar refractivity (Wildman–Crippen MR) is 126 cm³/mol. The van der Waals surface area contributed by atoms with Crippen molar-refractivity contribution in [1.82, 2.24) is 10.2 Å². The molecule has 0 radical (unpaired) electrons. The molecular formula is C24H28BrClN2O3. The molecule has 0 bridgehead atoms. The Hall–Kier alpha value is -2.05. The van der Waals surface area contributed by atoms with Gasteiger partial charge in [0.25, 0.3) is 5.91 Å². The number of rotatable bonds is 9. The van der Waals surface area contributed by atoms with Crippen LogP contribution >= 0.6 is 27.5 Å². The van der Waals surface area contributed by atoms with Crippen molar-refractivity contribution in [3.05, 3.63) is 63.6 Å². The molecule has 0 saturated heterocycles. The van der Waals surface area contributed by atoms with E-state index in [2.05, 4.69) is 21.2 Å². The number of hydrogen-bond donors (Lipinski definition) is 1. The topological polar surface area (TPSA) is 58.6 Å². The summed E-state index contributed by atoms with van der Waals surface area (Å²) in [5.74, 6) is 0.191. The Morgan fingerprint density at radius 3 is 2.58 bits per heavy atom. The van der Waals surface area contributed by atoms with E-state index in [0.717, 1.165) is 31.2 Å². The number of nitrogens with one attached hydrogen (secondary N) is 1. The third kappa shape index (κ3) is 6.97. The molecule has 31 heavy (non-hydrogen) atoms. The molecule has 1 saturated carbocycles. The zero-order valence-corrected chi connectivity index (χ0v) is 20.0. The Morgan fingerprint density at radius 2 is 1.90 bits per heavy atom. The molecule has 0 aliphatic heterocycles. The molecule has 1 fully saturated rings. The molecule has 5 nitrogen and oxygen atoms in total. The number of hydrogen-bond acceptors (Lipinski definition) is 3. The Morgan fingerprint density at radius 1 is 1.19 bits per heavy atom. The molecule has 1 N–H and O–H groups in total. The highest BCUT2D eigenvalue weighted by Gasteiger charge is 2.28. The quantitative estimate of drug-likeness (QED) is 0.520. The number of amides is 2. The van der Waals surface area contributed by atoms with E-state index in [9.17, 15) is 9.59 Å². The fraction of sp³-hybridized carbons (Fsp3) is 0.417. The Labute approximate surface area is 197 Å². The third-order valence-electron chi connectivity index (χ3n) is 5.60. The molecular weight excluding hydrogens is 480 g/mol. The largest absolute Gasteiger partial charge is 0.483 e. The monoisotopic (exact) mass is 506 g/mol. The van der Waals surface area contributed by atoms with Crippen LogP contribution in [0.5, 0.6) is 5.75 Å². The molecule has 0 aromatic heterocycles. The van der Waals surface area contributed by atoms with Gasteiger partial charge in [-0.05, 0) is 65.9 Å². The van der Waals surface area contributed by atoms with E-state index >= 15 is 0 Å². The van der Waals surface area contributed by atoms with Crippen molar-refractivity contribution < 1.29 is 14.3 Å². The molecule has 1 atom stereocenters. The summed E-state index contributed by atoms with van der Waals surface area (Å²) in [4.78, 5) is 27.5. The molecule has 0 spiro atoms. The minimum absolute atomic E-state index is 0.110. The highest BCUT2D eigenvalue weighted by Crippen LogP contribution is 2.28. The number of carbonyl (C=O) groups excluding carboxylic acids is 2. The van der Waals surface area contributed by atoms with Crippen molar-refractivity contribution in [2.75, 3.05) is 13.2 Å². The lowest BCUT2D eigenvalue weighted by Gasteiger charge is -2.29. The van der Waals surface area contributed by atoms with Crippen LogP contribution in [0.2, 0.25) is 5.02 Å². The molecule has 7 heteroatoms. The van der Waals surface area contributed by atoms with Gasteiger partial charge in [0, 0.05) is 17.6 Å². The van der Waals surface area contributed by atoms with Crippen LogP contribution in [0.15, 0.2) is 53.0 Å². The Balaban J connectivity index is 1.66. The Kier molecular flexibility index (Phi) is 8.79. The summed E-state index contributed by atoms with van der Waals surface area (Å²) in [6.07, 6.45) is 4.95. The Bertz CT molecular complexity index is 888. The third-order valence-corrected chi connectivity index (χ3v) is 6.45. The van der Waals surface area contributed by atoms with Gasteiger partial charge in [0.1, 0.15) is 11.8 Å². The normalized spacial score (nSPS) is 14.8. The first-order valence-corrected chi connectivity index (χ1v) is 11.8. The lowest BCUT2D eigenvalue weighted by molar-refractivity contribution is -0.141. The first-order valence-electron chi connectivity index (χ1n) is 10.7. The van der Waals surface area contributed by atoms with Crippen LogP contribution < -0.4 is 10.1 Å². The van der Waals surface area contributed by atoms with E-state index in [1.165, 1.54) is 0 Å². The number of carbonyl (C=O) groups is 2. The number of halogens is 2. The van der Waals surface area contributed by atoms with Crippen LogP contribution in [0, 0.1) is 0 Å². The van der Waals surface area contributed by atoms with E-state index in [-0.39, 0.29) is 24.5 Å². The number of benzene rings is 2. The fourth-order valence-corrected chi connectivity index (χ4v) is 4.57. The summed E-state index contributed by atoms with van der Waals surface area (Å²) in [5, 5.41) is 3.68. The van der Waals surface area contributed by atoms with Crippen LogP contribution in [0.1, 0.15) is 38.2 Å². The van der Waals surface area contributed by atoms with Gasteiger partial charge in [0.2, 0.25) is 5.91 Å². The molecule has 1 aliphatic carbocycles. The minimum Gasteiger partial charge on any atom is -0.483 e. The van der Waals surface area contributed by atoms with Crippen molar-refractivity contribution in [2.24, 2.45) is 0 Å². The smallest absolute Gasteiger partial charge is 0.261 e. The number of ether oxygens (including phenoxy) is 1. The van der Waals surface area contributed by atoms with Gasteiger partial charge in [0.15, 0.2) is 6.61 Å². The van der Waals surface area contributed by atoms with Crippen molar-refractivity contribution in [2.45, 2.75) is 51.1 Å². The van der Waals surface area contributed by atoms with Gasteiger partial charge in [-0.25, -0.2) is 0 Å². The maximum absolute atomic E-state index is 13.1. The van der Waals surface area contributed by atoms with E-state index in [1.54, 1.807) is 30.0 Å². The van der Waals surface area contributed by atoms with Crippen LogP contribution in [0.4, 0.5) is 0 Å². The summed E-state index contributed by atoms with van der Waals surface area (Å²) in [6.45, 7) is 2.06. The molecule has 1 unspecified atom stereocenters. The minimum atomic E-state index is -0.575. The summed E-state index contributed by atoms with van der Waals surface area (Å²) in [6, 6.07) is 14.7. The van der Waals surface area contributed by atoms with Gasteiger partial charge in [0.05, 0.1) is 4.47 Å². The van der Waals surface area contributed by atoms with Gasteiger partial charge in [-0.3, -0.25) is 9.59 Å². The zero-order chi connectivity index (χ0) is 22.2. The highest BCUT2D eigenvalue weighted by atomic mass is 79.9. The molecule has 2 amide bonds. The van der Waals surface area contributed by atoms with E-state index in [1.807, 2.05) is 30.3 Å². The average Bonchev–Trinajstić information content (AvgIpc) is 3.27. The zero-order valence-electron chi connectivity index (χ0n) is 17.7. The van der Waals surface area contributed by atoms with Crippen LogP contribution in [0.3, 0.4) is 0 Å². The number of nitrogens with zero attached hydrogens (tertiary/aromatic N) is 1. The van der Waals surface area contributed by atoms with E-state index in [0.29, 0.717) is 28.2 Å². The van der Waals surface area contributed by atoms with Crippen LogP contribution in [-0.2, 0) is 16.0 Å². The van der Waals surface area contributed by atoms with Gasteiger partial charge in [-0.2, -0.15) is 0 Å². The molecule has 166 valence electrons. The summed E-state index contributed by atoms with van der Waals surface area (Å²) < 4.78 is 6.40. The SMILES string of the molecule is CC(C(=O)NC1CCCC1)N(CCc1ccccc1)C(=O)COc1ccc(Cl)cc1Br. The molecule has 1 aliphatic rings. The van der Waals surface area contributed by atoms with Crippen LogP contribution in [0.25, 0.3) is 0 Å². The summed E-state index contributed by atoms with van der Waals surface area (Å²) in [7, 11) is 0. The van der Waals surface area contributed by atoms with Crippen molar-refractivity contribution in [3.8, 4) is 5.75 Å². The van der Waals surface area contributed by atoms with Crippen LogP contribution in [-0.4, -0.2) is 41.9 Å². The van der Waals surface area contributed by atoms with Gasteiger partial charge in [-0.15, -0.1) is 0 Å². The second-order valence-corrected chi connectivity index (χ2v) is 9.14. The van der Waals surface area contributed by atoms with Crippen molar-refractivity contribution in [3.63, 3.8) is 0 Å². The summed E-state index contributed by atoms with van der Waals surface area (Å²) in [5.41, 5.74) is 1.12. The van der Waals surface area contributed by atoms with Crippen molar-refractivity contribution >= 4 is 39.3 Å². The predicted octanol–water partition coefficient (Wildman–Crippen LogP) is 5.00. The maximum Gasteiger partial charge on any atom is 0.261 e. The van der Waals surface area contributed by atoms with Gasteiger partial charge >= 0.3 is 0 Å². The fourth-order valence-electron chi connectivity index (χ4n) is 3.78. The van der Waals surface area contributed by atoms with Crippen molar-refractivity contribution in [1.29, 1.82) is 0 Å². The first-order chi connectivity index (χ1) is 14.9. The second kappa shape index (κ2) is 11.5. The molecule has 0 heterocycles. The van der Waals surface area contributed by atoms with Gasteiger partial charge < -0.3 is 15.0 Å². The maximum atomic E-state index is 13.1. The highest BCUT2D eigenvalue weighted by molar-refractivity contribution is 9.10. The standard InChI is InChI=1S/C24H28BrClN2O3/c1-17(24(30)27-20-9-5-6-10-20)28(14-13-18-7-3-2-4-8-18)23(29)16-31-22-12-11-19(26)15-21(22)25/h2-4,7-8,11-12,15,17,20H,5-6,9-10,13-14,16H2,1H3,(H,27,30).